The first kappa shape index (κ1) is 7.09. The fourth-order valence-electron chi connectivity index (χ4n) is 1.43. The summed E-state index contributed by atoms with van der Waals surface area (Å²) in [5, 5.41) is 3.87. The lowest BCUT2D eigenvalue weighted by atomic mass is 9.92. The van der Waals surface area contributed by atoms with Crippen LogP contribution in [0.1, 0.15) is 0 Å². The molecule has 0 saturated carbocycles. The topological polar surface area (TPSA) is 67.5 Å². The maximum atomic E-state index is 10.8. The molecule has 0 bridgehead atoms. The number of rotatable bonds is 1. The number of primary amides is 1. The van der Waals surface area contributed by atoms with E-state index in [-0.39, 0.29) is 12.0 Å². The summed E-state index contributed by atoms with van der Waals surface area (Å²) >= 11 is 0. The van der Waals surface area contributed by atoms with Crippen LogP contribution in [0, 0.1) is 5.92 Å². The molecule has 2 rings (SSSR count). The van der Waals surface area contributed by atoms with Crippen molar-refractivity contribution in [2.45, 2.75) is 6.04 Å². The first-order valence-corrected chi connectivity index (χ1v) is 3.77. The lowest BCUT2D eigenvalue weighted by Crippen LogP contribution is -2.33. The Kier molecular flexibility index (Phi) is 1.46. The van der Waals surface area contributed by atoms with Crippen molar-refractivity contribution < 1.29 is 4.79 Å². The maximum absolute atomic E-state index is 10.8. The van der Waals surface area contributed by atoms with Crippen molar-refractivity contribution >= 4 is 11.6 Å². The molecule has 1 amide bonds. The number of nitrogens with two attached hydrogens (primary N) is 1. The summed E-state index contributed by atoms with van der Waals surface area (Å²) in [6.45, 7) is 0. The van der Waals surface area contributed by atoms with E-state index >= 15 is 0 Å². The van der Waals surface area contributed by atoms with Crippen LogP contribution in [0.4, 0.5) is 0 Å². The predicted octanol–water partition coefficient (Wildman–Crippen LogP) is -0.458. The highest BCUT2D eigenvalue weighted by atomic mass is 16.1. The average molecular weight is 163 g/mol. The molecule has 2 aliphatic rings. The zero-order valence-corrected chi connectivity index (χ0v) is 6.40. The molecule has 2 atom stereocenters. The van der Waals surface area contributed by atoms with Crippen LogP contribution in [0.2, 0.25) is 0 Å². The predicted molar refractivity (Wildman–Crippen MR) is 45.3 cm³/mol. The van der Waals surface area contributed by atoms with E-state index in [0.29, 0.717) is 5.71 Å². The summed E-state index contributed by atoms with van der Waals surface area (Å²) in [6, 6.07) is 0.109. The molecule has 0 fully saturated rings. The summed E-state index contributed by atoms with van der Waals surface area (Å²) < 4.78 is 0. The Morgan fingerprint density at radius 3 is 3.00 bits per heavy atom. The van der Waals surface area contributed by atoms with Gasteiger partial charge in [0.05, 0.1) is 12.0 Å². The van der Waals surface area contributed by atoms with Gasteiger partial charge < -0.3 is 11.2 Å². The third-order valence-corrected chi connectivity index (χ3v) is 2.04. The van der Waals surface area contributed by atoms with Crippen LogP contribution in [0.5, 0.6) is 0 Å². The minimum absolute atomic E-state index is 0.0208. The van der Waals surface area contributed by atoms with Crippen LogP contribution >= 0.6 is 0 Å². The molecule has 12 heavy (non-hydrogen) atoms. The summed E-state index contributed by atoms with van der Waals surface area (Å²) in [6.07, 6.45) is 7.71. The Bertz CT molecular complexity index is 303. The van der Waals surface area contributed by atoms with Crippen molar-refractivity contribution in [2.75, 3.05) is 0 Å². The van der Waals surface area contributed by atoms with E-state index in [2.05, 4.69) is 10.5 Å². The second-order valence-electron chi connectivity index (χ2n) is 2.81. The molecule has 0 radical (unpaired) electrons. The molecule has 2 unspecified atom stereocenters. The largest absolute Gasteiger partial charge is 0.364 e. The molecule has 1 aliphatic heterocycles. The number of nitrogens with zero attached hydrogens (tertiary/aromatic N) is 1. The Morgan fingerprint density at radius 2 is 2.25 bits per heavy atom. The van der Waals surface area contributed by atoms with Gasteiger partial charge >= 0.3 is 0 Å². The van der Waals surface area contributed by atoms with E-state index in [9.17, 15) is 4.79 Å². The van der Waals surface area contributed by atoms with Gasteiger partial charge in [-0.05, 0) is 0 Å². The van der Waals surface area contributed by atoms with Crippen LogP contribution in [0.3, 0.4) is 0 Å². The molecule has 62 valence electrons. The van der Waals surface area contributed by atoms with Crippen molar-refractivity contribution in [1.82, 2.24) is 5.43 Å². The highest BCUT2D eigenvalue weighted by Crippen LogP contribution is 2.18. The summed E-state index contributed by atoms with van der Waals surface area (Å²) in [5.74, 6) is -0.428. The van der Waals surface area contributed by atoms with E-state index < -0.39 is 5.91 Å². The van der Waals surface area contributed by atoms with E-state index in [4.69, 9.17) is 5.73 Å². The molecule has 0 aromatic heterocycles. The first-order chi connectivity index (χ1) is 5.79. The quantitative estimate of drug-likeness (QED) is 0.549. The minimum atomic E-state index is -0.449. The fraction of sp³-hybridized carbons (Fsp3) is 0.250. The third kappa shape index (κ3) is 0.922. The lowest BCUT2D eigenvalue weighted by Gasteiger charge is -2.14. The zero-order valence-electron chi connectivity index (χ0n) is 6.40. The number of allylic oxidation sites excluding steroid dienone is 2. The molecule has 0 spiro atoms. The molecule has 1 heterocycles. The van der Waals surface area contributed by atoms with Crippen molar-refractivity contribution in [2.24, 2.45) is 16.8 Å². The molecule has 4 heteroatoms. The van der Waals surface area contributed by atoms with Crippen LogP contribution in [-0.4, -0.2) is 17.7 Å². The minimum Gasteiger partial charge on any atom is -0.364 e. The first-order valence-electron chi connectivity index (χ1n) is 3.77. The standard InChI is InChI=1S/C8H9N3O/c9-8(12)7-5-3-1-2-4-6(5)10-11-7/h1-6,10H,(H2,9,12). The fourth-order valence-corrected chi connectivity index (χ4v) is 1.43. The number of amides is 1. The molecular weight excluding hydrogens is 154 g/mol. The molecule has 3 N–H and O–H groups in total. The van der Waals surface area contributed by atoms with Gasteiger partial charge in [0, 0.05) is 0 Å². The Morgan fingerprint density at radius 1 is 1.50 bits per heavy atom. The van der Waals surface area contributed by atoms with Crippen molar-refractivity contribution in [3.05, 3.63) is 24.3 Å². The zero-order chi connectivity index (χ0) is 8.55. The second kappa shape index (κ2) is 2.48. The highest BCUT2D eigenvalue weighted by Gasteiger charge is 2.31. The highest BCUT2D eigenvalue weighted by molar-refractivity contribution is 6.40. The number of hydrogen-bond acceptors (Lipinski definition) is 3. The molecular formula is C8H9N3O. The molecule has 0 aromatic rings. The van der Waals surface area contributed by atoms with Crippen molar-refractivity contribution in [1.29, 1.82) is 0 Å². The Labute approximate surface area is 69.8 Å². The smallest absolute Gasteiger partial charge is 0.265 e. The van der Waals surface area contributed by atoms with Crippen LogP contribution < -0.4 is 11.2 Å². The molecule has 0 saturated heterocycles. The number of fused-ring (bicyclic) bond motifs is 1. The molecule has 4 nitrogen and oxygen atoms in total. The number of carbonyl (C=O) groups excluding carboxylic acids is 1. The van der Waals surface area contributed by atoms with Gasteiger partial charge in [-0.3, -0.25) is 4.79 Å². The normalized spacial score (nSPS) is 30.8. The number of carbonyl (C=O) groups is 1. The maximum Gasteiger partial charge on any atom is 0.265 e. The average Bonchev–Trinajstić information content (AvgIpc) is 2.47. The van der Waals surface area contributed by atoms with Gasteiger partial charge in [-0.15, -0.1) is 0 Å². The molecule has 0 aromatic carbocycles. The summed E-state index contributed by atoms with van der Waals surface area (Å²) in [7, 11) is 0. The van der Waals surface area contributed by atoms with E-state index in [1.807, 2.05) is 24.3 Å². The van der Waals surface area contributed by atoms with Gasteiger partial charge in [0.1, 0.15) is 5.71 Å². The van der Waals surface area contributed by atoms with E-state index in [0.717, 1.165) is 0 Å². The van der Waals surface area contributed by atoms with Gasteiger partial charge in [-0.2, -0.15) is 5.10 Å². The second-order valence-corrected chi connectivity index (χ2v) is 2.81. The third-order valence-electron chi connectivity index (χ3n) is 2.04. The van der Waals surface area contributed by atoms with Crippen molar-refractivity contribution in [3.63, 3.8) is 0 Å². The SMILES string of the molecule is NC(=O)C1=NNC2C=CC=CC12. The number of hydrazone groups is 1. The van der Waals surface area contributed by atoms with Gasteiger partial charge in [0.15, 0.2) is 0 Å². The lowest BCUT2D eigenvalue weighted by molar-refractivity contribution is -0.112. The number of nitrogens with one attached hydrogen (secondary N) is 1. The monoisotopic (exact) mass is 163 g/mol. The van der Waals surface area contributed by atoms with Crippen LogP contribution in [0.25, 0.3) is 0 Å². The van der Waals surface area contributed by atoms with Gasteiger partial charge in [-0.1, -0.05) is 24.3 Å². The van der Waals surface area contributed by atoms with Crippen LogP contribution in [-0.2, 0) is 4.79 Å². The summed E-state index contributed by atoms with van der Waals surface area (Å²) in [5.41, 5.74) is 8.39. The Balaban J connectivity index is 2.26. The van der Waals surface area contributed by atoms with Crippen molar-refractivity contribution in [3.8, 4) is 0 Å². The van der Waals surface area contributed by atoms with Gasteiger partial charge in [-0.25, -0.2) is 0 Å². The van der Waals surface area contributed by atoms with E-state index in [1.54, 1.807) is 0 Å². The van der Waals surface area contributed by atoms with E-state index in [1.165, 1.54) is 0 Å². The number of hydrogen-bond donors (Lipinski definition) is 2. The van der Waals surface area contributed by atoms with Crippen LogP contribution in [0.15, 0.2) is 29.4 Å². The summed E-state index contributed by atoms with van der Waals surface area (Å²) in [4.78, 5) is 10.8. The Hall–Kier alpha value is -1.58. The molecule has 1 aliphatic carbocycles. The van der Waals surface area contributed by atoms with Gasteiger partial charge in [0.25, 0.3) is 5.91 Å². The van der Waals surface area contributed by atoms with Gasteiger partial charge in [0.2, 0.25) is 0 Å².